The molecule has 6 nitrogen and oxygen atoms in total. The largest absolute Gasteiger partial charge is 0.490 e. The highest BCUT2D eigenvalue weighted by Gasteiger charge is 2.17. The van der Waals surface area contributed by atoms with Crippen LogP contribution in [0.15, 0.2) is 66.1 Å². The van der Waals surface area contributed by atoms with E-state index in [0.717, 1.165) is 6.07 Å². The molecule has 1 amide bonds. The fourth-order valence-electron chi connectivity index (χ4n) is 1.76. The Kier molecular flexibility index (Phi) is 5.67. The van der Waals surface area contributed by atoms with Gasteiger partial charge in [0.1, 0.15) is 18.2 Å². The van der Waals surface area contributed by atoms with Gasteiger partial charge >= 0.3 is 0 Å². The number of halogens is 1. The summed E-state index contributed by atoms with van der Waals surface area (Å²) in [5, 5.41) is 0. The number of hydrazine groups is 1. The summed E-state index contributed by atoms with van der Waals surface area (Å²) in [6.45, 7) is 3.67. The van der Waals surface area contributed by atoms with E-state index >= 15 is 0 Å². The number of benzene rings is 2. The average Bonchev–Trinajstić information content (AvgIpc) is 2.60. The maximum Gasteiger partial charge on any atom is 0.269 e. The Morgan fingerprint density at radius 3 is 2.58 bits per heavy atom. The third-order valence-corrected chi connectivity index (χ3v) is 4.17. The Morgan fingerprint density at radius 2 is 1.92 bits per heavy atom. The lowest BCUT2D eigenvalue weighted by atomic mass is 10.2. The second kappa shape index (κ2) is 7.71. The van der Waals surface area contributed by atoms with Crippen LogP contribution >= 0.6 is 0 Å². The summed E-state index contributed by atoms with van der Waals surface area (Å²) in [4.78, 5) is 13.9. The van der Waals surface area contributed by atoms with E-state index in [2.05, 4.69) is 6.58 Å². The molecular weight excluding hydrogens is 335 g/mol. The van der Waals surface area contributed by atoms with Crippen molar-refractivity contribution in [3.8, 4) is 5.75 Å². The van der Waals surface area contributed by atoms with Crippen LogP contribution in [0.5, 0.6) is 5.75 Å². The van der Waals surface area contributed by atoms with Crippen LogP contribution in [0.25, 0.3) is 0 Å². The second-order valence-corrected chi connectivity index (χ2v) is 6.30. The number of nitrogens with one attached hydrogen (secondary N) is 2. The topological polar surface area (TPSA) is 84.5 Å². The van der Waals surface area contributed by atoms with Crippen LogP contribution in [0, 0.1) is 5.82 Å². The number of ether oxygens (including phenoxy) is 1. The fourth-order valence-corrected chi connectivity index (χ4v) is 2.62. The van der Waals surface area contributed by atoms with Gasteiger partial charge < -0.3 is 4.74 Å². The molecule has 0 spiro atoms. The molecule has 2 N–H and O–H groups in total. The first kappa shape index (κ1) is 17.6. The maximum absolute atomic E-state index is 13.8. The number of rotatable bonds is 7. The lowest BCUT2D eigenvalue weighted by Gasteiger charge is -2.10. The van der Waals surface area contributed by atoms with E-state index in [1.54, 1.807) is 6.07 Å². The minimum Gasteiger partial charge on any atom is -0.490 e. The van der Waals surface area contributed by atoms with Crippen LogP contribution in [0.3, 0.4) is 0 Å². The summed E-state index contributed by atoms with van der Waals surface area (Å²) >= 11 is 0. The zero-order valence-electron chi connectivity index (χ0n) is 12.5. The van der Waals surface area contributed by atoms with Gasteiger partial charge in [0, 0.05) is 0 Å². The molecule has 0 atom stereocenters. The predicted octanol–water partition coefficient (Wildman–Crippen LogP) is 2.01. The molecule has 2 aromatic carbocycles. The van der Waals surface area contributed by atoms with Gasteiger partial charge in [0.15, 0.2) is 0 Å². The van der Waals surface area contributed by atoms with Crippen molar-refractivity contribution in [1.29, 1.82) is 0 Å². The van der Waals surface area contributed by atoms with E-state index in [-0.39, 0.29) is 22.8 Å². The quantitative estimate of drug-likeness (QED) is 0.591. The zero-order chi connectivity index (χ0) is 17.6. The third-order valence-electron chi connectivity index (χ3n) is 2.90. The monoisotopic (exact) mass is 350 g/mol. The molecule has 0 saturated carbocycles. The molecule has 0 aliphatic carbocycles. The van der Waals surface area contributed by atoms with Gasteiger partial charge in [-0.25, -0.2) is 12.8 Å². The van der Waals surface area contributed by atoms with E-state index < -0.39 is 21.7 Å². The molecule has 0 aliphatic heterocycles. The van der Waals surface area contributed by atoms with Crippen LogP contribution in [-0.4, -0.2) is 20.9 Å². The van der Waals surface area contributed by atoms with Gasteiger partial charge in [-0.05, 0) is 30.3 Å². The molecule has 0 unspecified atom stereocenters. The number of hydrogen-bond acceptors (Lipinski definition) is 4. The molecule has 0 radical (unpaired) electrons. The van der Waals surface area contributed by atoms with Gasteiger partial charge in [-0.15, -0.1) is 4.83 Å². The average molecular weight is 350 g/mol. The van der Waals surface area contributed by atoms with Crippen molar-refractivity contribution in [2.24, 2.45) is 0 Å². The molecule has 2 rings (SSSR count). The van der Waals surface area contributed by atoms with Crippen molar-refractivity contribution < 1.29 is 22.3 Å². The molecule has 2 aromatic rings. The minimum absolute atomic E-state index is 0.0335. The fraction of sp³-hybridized carbons (Fsp3) is 0.0625. The van der Waals surface area contributed by atoms with Gasteiger partial charge in [-0.1, -0.05) is 30.9 Å². The summed E-state index contributed by atoms with van der Waals surface area (Å²) in [7, 11) is -3.95. The Labute approximate surface area is 139 Å². The second-order valence-electron chi connectivity index (χ2n) is 4.61. The van der Waals surface area contributed by atoms with Crippen LogP contribution in [-0.2, 0) is 10.0 Å². The van der Waals surface area contributed by atoms with Crippen LogP contribution < -0.4 is 15.0 Å². The minimum atomic E-state index is -3.95. The molecule has 0 aromatic heterocycles. The molecule has 0 aliphatic rings. The maximum atomic E-state index is 13.8. The molecule has 0 fully saturated rings. The van der Waals surface area contributed by atoms with E-state index in [4.69, 9.17) is 4.74 Å². The molecular formula is C16H15FN2O4S. The van der Waals surface area contributed by atoms with Crippen LogP contribution in [0.4, 0.5) is 4.39 Å². The van der Waals surface area contributed by atoms with Gasteiger partial charge in [0.25, 0.3) is 15.9 Å². The summed E-state index contributed by atoms with van der Waals surface area (Å²) in [6, 6.07) is 11.0. The van der Waals surface area contributed by atoms with E-state index in [0.29, 0.717) is 0 Å². The van der Waals surface area contributed by atoms with Crippen molar-refractivity contribution in [3.05, 3.63) is 72.6 Å². The number of carbonyl (C=O) groups is 1. The lowest BCUT2D eigenvalue weighted by Crippen LogP contribution is -2.41. The van der Waals surface area contributed by atoms with Gasteiger partial charge in [0.2, 0.25) is 0 Å². The van der Waals surface area contributed by atoms with Crippen molar-refractivity contribution in [1.82, 2.24) is 10.3 Å². The molecule has 24 heavy (non-hydrogen) atoms. The van der Waals surface area contributed by atoms with Crippen LogP contribution in [0.1, 0.15) is 10.4 Å². The van der Waals surface area contributed by atoms with Crippen molar-refractivity contribution in [2.45, 2.75) is 4.90 Å². The van der Waals surface area contributed by atoms with E-state index in [1.165, 1.54) is 42.5 Å². The van der Waals surface area contributed by atoms with E-state index in [1.807, 2.05) is 10.3 Å². The number of hydrogen-bond donors (Lipinski definition) is 2. The first-order chi connectivity index (χ1) is 11.4. The number of amides is 1. The van der Waals surface area contributed by atoms with Crippen molar-refractivity contribution in [2.75, 3.05) is 6.61 Å². The normalized spacial score (nSPS) is 10.9. The molecule has 0 heterocycles. The standard InChI is InChI=1S/C16H15FN2O4S/c1-2-10-23-12-8-9-15(17)14(11-12)16(20)18-19-24(21,22)13-6-4-3-5-7-13/h2-9,11,19H,1,10H2,(H,18,20). The Balaban J connectivity index is 2.11. The summed E-state index contributed by atoms with van der Waals surface area (Å²) < 4.78 is 43.0. The Hall–Kier alpha value is -2.71. The van der Waals surface area contributed by atoms with E-state index in [9.17, 15) is 17.6 Å². The Bertz CT molecular complexity index is 838. The number of carbonyl (C=O) groups excluding carboxylic acids is 1. The highest BCUT2D eigenvalue weighted by molar-refractivity contribution is 7.89. The Morgan fingerprint density at radius 1 is 1.21 bits per heavy atom. The third kappa shape index (κ3) is 4.40. The molecule has 126 valence electrons. The highest BCUT2D eigenvalue weighted by Crippen LogP contribution is 2.17. The smallest absolute Gasteiger partial charge is 0.269 e. The highest BCUT2D eigenvalue weighted by atomic mass is 32.2. The predicted molar refractivity (Wildman–Crippen MR) is 86.3 cm³/mol. The first-order valence-corrected chi connectivity index (χ1v) is 8.33. The summed E-state index contributed by atoms with van der Waals surface area (Å²) in [5.74, 6) is -1.50. The van der Waals surface area contributed by atoms with Gasteiger partial charge in [-0.3, -0.25) is 10.2 Å². The van der Waals surface area contributed by atoms with Crippen LogP contribution in [0.2, 0.25) is 0 Å². The molecule has 0 saturated heterocycles. The van der Waals surface area contributed by atoms with Gasteiger partial charge in [0.05, 0.1) is 10.5 Å². The molecule has 0 bridgehead atoms. The SMILES string of the molecule is C=CCOc1ccc(F)c(C(=O)NNS(=O)(=O)c2ccccc2)c1. The van der Waals surface area contributed by atoms with Crippen molar-refractivity contribution in [3.63, 3.8) is 0 Å². The number of sulfonamides is 1. The summed E-state index contributed by atoms with van der Waals surface area (Å²) in [6.07, 6.45) is 1.50. The first-order valence-electron chi connectivity index (χ1n) is 6.84. The molecule has 8 heteroatoms. The van der Waals surface area contributed by atoms with Gasteiger partial charge in [-0.2, -0.15) is 0 Å². The summed E-state index contributed by atoms with van der Waals surface area (Å²) in [5.41, 5.74) is 1.61. The van der Waals surface area contributed by atoms with Crippen molar-refractivity contribution >= 4 is 15.9 Å². The zero-order valence-corrected chi connectivity index (χ0v) is 13.3. The lowest BCUT2D eigenvalue weighted by molar-refractivity contribution is 0.0940.